The van der Waals surface area contributed by atoms with E-state index in [1.807, 2.05) is 6.92 Å². The number of sulfonamides is 1. The quantitative estimate of drug-likeness (QED) is 0.832. The molecule has 2 aliphatic rings. The van der Waals surface area contributed by atoms with Crippen LogP contribution in [-0.4, -0.2) is 35.8 Å². The topological polar surface area (TPSA) is 72.4 Å². The SMILES string of the molecule is Cc1ncc2c(n1)COC21CN(S(=O)(=O)c2cccs2)C1. The van der Waals surface area contributed by atoms with E-state index in [2.05, 4.69) is 9.97 Å². The van der Waals surface area contributed by atoms with Gasteiger partial charge in [0, 0.05) is 24.8 Å². The summed E-state index contributed by atoms with van der Waals surface area (Å²) in [6.07, 6.45) is 1.76. The maximum atomic E-state index is 12.4. The molecule has 0 N–H and O–H groups in total. The van der Waals surface area contributed by atoms with E-state index in [0.29, 0.717) is 29.7 Å². The molecule has 0 unspecified atom stereocenters. The Bertz CT molecular complexity index is 796. The van der Waals surface area contributed by atoms with Gasteiger partial charge in [-0.25, -0.2) is 18.4 Å². The van der Waals surface area contributed by atoms with Crippen molar-refractivity contribution in [2.45, 2.75) is 23.3 Å². The first-order valence-corrected chi connectivity index (χ1v) is 8.84. The van der Waals surface area contributed by atoms with Gasteiger partial charge in [0.2, 0.25) is 0 Å². The van der Waals surface area contributed by atoms with E-state index in [1.165, 1.54) is 15.6 Å². The van der Waals surface area contributed by atoms with Gasteiger partial charge in [-0.05, 0) is 18.4 Å². The standard InChI is InChI=1S/C13H13N3O3S2/c1-9-14-5-10-11(15-9)6-19-13(10)7-16(8-13)21(17,18)12-3-2-4-20-12/h2-5H,6-8H2,1H3. The largest absolute Gasteiger partial charge is 0.361 e. The predicted octanol–water partition coefficient (Wildman–Crippen LogP) is 1.28. The van der Waals surface area contributed by atoms with Crippen molar-refractivity contribution in [3.8, 4) is 0 Å². The van der Waals surface area contributed by atoms with Crippen LogP contribution in [0.25, 0.3) is 0 Å². The Morgan fingerprint density at radius 2 is 2.24 bits per heavy atom. The molecule has 2 aliphatic heterocycles. The number of ether oxygens (including phenoxy) is 1. The second-order valence-electron chi connectivity index (χ2n) is 5.27. The molecule has 0 bridgehead atoms. The lowest BCUT2D eigenvalue weighted by molar-refractivity contribution is -0.112. The number of aromatic nitrogens is 2. The highest BCUT2D eigenvalue weighted by molar-refractivity contribution is 7.91. The molecule has 1 spiro atoms. The molecule has 1 fully saturated rings. The van der Waals surface area contributed by atoms with E-state index in [1.54, 1.807) is 23.7 Å². The highest BCUT2D eigenvalue weighted by atomic mass is 32.2. The van der Waals surface area contributed by atoms with E-state index in [4.69, 9.17) is 4.74 Å². The Kier molecular flexibility index (Phi) is 2.74. The van der Waals surface area contributed by atoms with E-state index in [9.17, 15) is 8.42 Å². The second-order valence-corrected chi connectivity index (χ2v) is 8.38. The Balaban J connectivity index is 1.62. The van der Waals surface area contributed by atoms with Crippen molar-refractivity contribution in [2.24, 2.45) is 0 Å². The molecule has 0 amide bonds. The molecule has 21 heavy (non-hydrogen) atoms. The molecule has 6 nitrogen and oxygen atoms in total. The van der Waals surface area contributed by atoms with Crippen LogP contribution in [0.4, 0.5) is 0 Å². The Labute approximate surface area is 126 Å². The van der Waals surface area contributed by atoms with Crippen molar-refractivity contribution < 1.29 is 13.2 Å². The number of hydrogen-bond donors (Lipinski definition) is 0. The summed E-state index contributed by atoms with van der Waals surface area (Å²) in [4.78, 5) is 8.57. The monoisotopic (exact) mass is 323 g/mol. The zero-order chi connectivity index (χ0) is 14.7. The Morgan fingerprint density at radius 1 is 1.43 bits per heavy atom. The highest BCUT2D eigenvalue weighted by Gasteiger charge is 2.55. The van der Waals surface area contributed by atoms with Crippen LogP contribution in [0.1, 0.15) is 17.1 Å². The summed E-state index contributed by atoms with van der Waals surface area (Å²) in [6.45, 7) is 2.91. The molecule has 0 radical (unpaired) electrons. The number of hydrogen-bond acceptors (Lipinski definition) is 6. The third kappa shape index (κ3) is 1.87. The van der Waals surface area contributed by atoms with Crippen LogP contribution in [0.5, 0.6) is 0 Å². The number of nitrogens with zero attached hydrogens (tertiary/aromatic N) is 3. The van der Waals surface area contributed by atoms with Crippen molar-refractivity contribution in [1.29, 1.82) is 0 Å². The molecule has 8 heteroatoms. The number of rotatable bonds is 2. The number of thiophene rings is 1. The normalized spacial score (nSPS) is 20.4. The van der Waals surface area contributed by atoms with Gasteiger partial charge in [-0.3, -0.25) is 0 Å². The summed E-state index contributed by atoms with van der Waals surface area (Å²) in [5.41, 5.74) is 1.23. The van der Waals surface area contributed by atoms with Crippen LogP contribution in [-0.2, 0) is 27.0 Å². The lowest BCUT2D eigenvalue weighted by atomic mass is 9.90. The van der Waals surface area contributed by atoms with E-state index >= 15 is 0 Å². The smallest absolute Gasteiger partial charge is 0.252 e. The maximum Gasteiger partial charge on any atom is 0.252 e. The first-order chi connectivity index (χ1) is 10.0. The van der Waals surface area contributed by atoms with Crippen molar-refractivity contribution >= 4 is 21.4 Å². The van der Waals surface area contributed by atoms with Crippen LogP contribution in [0.2, 0.25) is 0 Å². The molecule has 1 saturated heterocycles. The fourth-order valence-electron chi connectivity index (χ4n) is 2.78. The number of fused-ring (bicyclic) bond motifs is 2. The molecule has 0 aliphatic carbocycles. The summed E-state index contributed by atoms with van der Waals surface area (Å²) < 4.78 is 32.5. The minimum atomic E-state index is -3.40. The molecule has 0 saturated carbocycles. The molecule has 2 aromatic rings. The third-order valence-corrected chi connectivity index (χ3v) is 7.08. The third-order valence-electron chi connectivity index (χ3n) is 3.92. The van der Waals surface area contributed by atoms with Gasteiger partial charge in [0.25, 0.3) is 10.0 Å². The highest BCUT2D eigenvalue weighted by Crippen LogP contribution is 2.44. The predicted molar refractivity (Wildman–Crippen MR) is 76.3 cm³/mol. The molecule has 110 valence electrons. The molecular formula is C13H13N3O3S2. The first-order valence-electron chi connectivity index (χ1n) is 6.52. The van der Waals surface area contributed by atoms with Crippen LogP contribution in [0.15, 0.2) is 27.9 Å². The minimum Gasteiger partial charge on any atom is -0.361 e. The van der Waals surface area contributed by atoms with Gasteiger partial charge in [-0.1, -0.05) is 6.07 Å². The van der Waals surface area contributed by atoms with Gasteiger partial charge < -0.3 is 4.74 Å². The van der Waals surface area contributed by atoms with Crippen molar-refractivity contribution in [3.05, 3.63) is 40.8 Å². The maximum absolute atomic E-state index is 12.4. The van der Waals surface area contributed by atoms with E-state index in [0.717, 1.165) is 11.3 Å². The van der Waals surface area contributed by atoms with Gasteiger partial charge in [-0.15, -0.1) is 11.3 Å². The van der Waals surface area contributed by atoms with Gasteiger partial charge in [0.15, 0.2) is 0 Å². The zero-order valence-corrected chi connectivity index (χ0v) is 12.9. The lowest BCUT2D eigenvalue weighted by Crippen LogP contribution is -2.60. The van der Waals surface area contributed by atoms with Gasteiger partial charge >= 0.3 is 0 Å². The molecule has 4 heterocycles. The van der Waals surface area contributed by atoms with Crippen molar-refractivity contribution in [3.63, 3.8) is 0 Å². The Hall–Kier alpha value is -1.35. The van der Waals surface area contributed by atoms with Crippen LogP contribution in [0, 0.1) is 6.92 Å². The van der Waals surface area contributed by atoms with Crippen LogP contribution >= 0.6 is 11.3 Å². The zero-order valence-electron chi connectivity index (χ0n) is 11.3. The average molecular weight is 323 g/mol. The molecular weight excluding hydrogens is 310 g/mol. The van der Waals surface area contributed by atoms with E-state index in [-0.39, 0.29) is 0 Å². The van der Waals surface area contributed by atoms with Gasteiger partial charge in [-0.2, -0.15) is 4.31 Å². The summed E-state index contributed by atoms with van der Waals surface area (Å²) in [5, 5.41) is 1.76. The first kappa shape index (κ1) is 13.3. The van der Waals surface area contributed by atoms with Gasteiger partial charge in [0.05, 0.1) is 12.3 Å². The average Bonchev–Trinajstić information content (AvgIpc) is 3.04. The van der Waals surface area contributed by atoms with Gasteiger partial charge in [0.1, 0.15) is 15.6 Å². The summed E-state index contributed by atoms with van der Waals surface area (Å²) in [6, 6.07) is 3.37. The fourth-order valence-corrected chi connectivity index (χ4v) is 5.46. The van der Waals surface area contributed by atoms with Crippen molar-refractivity contribution in [1.82, 2.24) is 14.3 Å². The van der Waals surface area contributed by atoms with Crippen molar-refractivity contribution in [2.75, 3.05) is 13.1 Å². The lowest BCUT2D eigenvalue weighted by Gasteiger charge is -2.45. The van der Waals surface area contributed by atoms with E-state index < -0.39 is 15.6 Å². The summed E-state index contributed by atoms with van der Waals surface area (Å²) in [5.74, 6) is 0.705. The summed E-state index contributed by atoms with van der Waals surface area (Å²) in [7, 11) is -3.40. The minimum absolute atomic E-state index is 0.326. The Morgan fingerprint density at radius 3 is 2.95 bits per heavy atom. The second kappa shape index (κ2) is 4.33. The summed E-state index contributed by atoms with van der Waals surface area (Å²) >= 11 is 1.23. The van der Waals surface area contributed by atoms with Crippen LogP contribution < -0.4 is 0 Å². The molecule has 0 atom stereocenters. The fraction of sp³-hybridized carbons (Fsp3) is 0.385. The number of aryl methyl sites for hydroxylation is 1. The molecule has 2 aromatic heterocycles. The molecule has 4 rings (SSSR count). The molecule has 0 aromatic carbocycles. The van der Waals surface area contributed by atoms with Crippen LogP contribution in [0.3, 0.4) is 0 Å².